The number of hydrogen-bond donors (Lipinski definition) is 1. The molecule has 1 aromatic rings. The third-order valence-electron chi connectivity index (χ3n) is 2.93. The van der Waals surface area contributed by atoms with Crippen LogP contribution in [0.3, 0.4) is 0 Å². The molecule has 2 rings (SSSR count). The molecule has 1 atom stereocenters. The number of nitrogens with zero attached hydrogens (tertiary/aromatic N) is 2. The van der Waals surface area contributed by atoms with Crippen LogP contribution in [0.1, 0.15) is 44.8 Å². The Morgan fingerprint density at radius 2 is 2.43 bits per heavy atom. The van der Waals surface area contributed by atoms with Gasteiger partial charge in [0.25, 0.3) is 0 Å². The van der Waals surface area contributed by atoms with Crippen LogP contribution in [0, 0.1) is 0 Å². The van der Waals surface area contributed by atoms with Crippen LogP contribution in [0.25, 0.3) is 0 Å². The summed E-state index contributed by atoms with van der Waals surface area (Å²) in [7, 11) is 0. The van der Waals surface area contributed by atoms with Gasteiger partial charge in [0.05, 0.1) is 12.0 Å². The van der Waals surface area contributed by atoms with Crippen molar-refractivity contribution in [1.29, 1.82) is 0 Å². The monoisotopic (exact) mass is 193 g/mol. The lowest BCUT2D eigenvalue weighted by Gasteiger charge is -2.12. The minimum Gasteiger partial charge on any atom is -0.330 e. The average Bonchev–Trinajstić information content (AvgIpc) is 2.94. The van der Waals surface area contributed by atoms with Crippen LogP contribution in [0.4, 0.5) is 0 Å². The maximum atomic E-state index is 4.21. The molecule has 0 spiro atoms. The molecule has 78 valence electrons. The third-order valence-corrected chi connectivity index (χ3v) is 2.93. The minimum atomic E-state index is 0.595. The van der Waals surface area contributed by atoms with E-state index in [0.717, 1.165) is 12.6 Å². The topological polar surface area (TPSA) is 29.9 Å². The number of hydrogen-bond acceptors (Lipinski definition) is 2. The summed E-state index contributed by atoms with van der Waals surface area (Å²) in [6.45, 7) is 5.37. The van der Waals surface area contributed by atoms with Crippen molar-refractivity contribution in [3.63, 3.8) is 0 Å². The SMILES string of the molecule is CCC(C)NCc1cncn1C1CC1. The van der Waals surface area contributed by atoms with Crippen molar-refractivity contribution in [2.24, 2.45) is 0 Å². The van der Waals surface area contributed by atoms with Crippen LogP contribution in [-0.2, 0) is 6.54 Å². The van der Waals surface area contributed by atoms with Crippen molar-refractivity contribution in [1.82, 2.24) is 14.9 Å². The van der Waals surface area contributed by atoms with Gasteiger partial charge in [-0.3, -0.25) is 0 Å². The van der Waals surface area contributed by atoms with E-state index in [1.165, 1.54) is 25.0 Å². The first-order chi connectivity index (χ1) is 6.81. The quantitative estimate of drug-likeness (QED) is 0.776. The predicted molar refractivity (Wildman–Crippen MR) is 57.1 cm³/mol. The predicted octanol–water partition coefficient (Wildman–Crippen LogP) is 2.11. The fourth-order valence-electron chi connectivity index (χ4n) is 1.57. The molecule has 0 radical (unpaired) electrons. The first-order valence-corrected chi connectivity index (χ1v) is 5.55. The molecular weight excluding hydrogens is 174 g/mol. The van der Waals surface area contributed by atoms with Crippen LogP contribution in [0.5, 0.6) is 0 Å². The zero-order chi connectivity index (χ0) is 9.97. The Balaban J connectivity index is 1.91. The van der Waals surface area contributed by atoms with Gasteiger partial charge in [0.2, 0.25) is 0 Å². The van der Waals surface area contributed by atoms with Gasteiger partial charge in [-0.2, -0.15) is 0 Å². The molecule has 1 aliphatic carbocycles. The Kier molecular flexibility index (Phi) is 2.87. The van der Waals surface area contributed by atoms with Crippen LogP contribution >= 0.6 is 0 Å². The summed E-state index contributed by atoms with van der Waals surface area (Å²) in [6.07, 6.45) is 7.77. The van der Waals surface area contributed by atoms with E-state index in [9.17, 15) is 0 Å². The summed E-state index contributed by atoms with van der Waals surface area (Å²) < 4.78 is 2.31. The molecule has 1 aliphatic rings. The molecule has 14 heavy (non-hydrogen) atoms. The molecular formula is C11H19N3. The van der Waals surface area contributed by atoms with Gasteiger partial charge in [0.1, 0.15) is 0 Å². The van der Waals surface area contributed by atoms with Crippen molar-refractivity contribution in [3.05, 3.63) is 18.2 Å². The summed E-state index contributed by atoms with van der Waals surface area (Å²) in [5.74, 6) is 0. The average molecular weight is 193 g/mol. The summed E-state index contributed by atoms with van der Waals surface area (Å²) in [6, 6.07) is 1.34. The van der Waals surface area contributed by atoms with Crippen molar-refractivity contribution >= 4 is 0 Å². The van der Waals surface area contributed by atoms with Gasteiger partial charge in [0.15, 0.2) is 0 Å². The molecule has 1 unspecified atom stereocenters. The number of imidazole rings is 1. The summed E-state index contributed by atoms with van der Waals surface area (Å²) in [5, 5.41) is 3.50. The second-order valence-corrected chi connectivity index (χ2v) is 4.21. The van der Waals surface area contributed by atoms with Gasteiger partial charge < -0.3 is 9.88 Å². The van der Waals surface area contributed by atoms with Gasteiger partial charge in [-0.1, -0.05) is 6.92 Å². The fourth-order valence-corrected chi connectivity index (χ4v) is 1.57. The molecule has 0 bridgehead atoms. The van der Waals surface area contributed by atoms with Gasteiger partial charge in [-0.15, -0.1) is 0 Å². The first kappa shape index (κ1) is 9.71. The van der Waals surface area contributed by atoms with E-state index in [0.29, 0.717) is 6.04 Å². The number of nitrogens with one attached hydrogen (secondary N) is 1. The maximum Gasteiger partial charge on any atom is 0.0951 e. The van der Waals surface area contributed by atoms with E-state index in [-0.39, 0.29) is 0 Å². The molecule has 3 heteroatoms. The van der Waals surface area contributed by atoms with Crippen LogP contribution in [0.2, 0.25) is 0 Å². The smallest absolute Gasteiger partial charge is 0.0951 e. The minimum absolute atomic E-state index is 0.595. The fraction of sp³-hybridized carbons (Fsp3) is 0.727. The lowest BCUT2D eigenvalue weighted by atomic mass is 10.2. The molecule has 1 aromatic heterocycles. The summed E-state index contributed by atoms with van der Waals surface area (Å²) in [5.41, 5.74) is 1.33. The Morgan fingerprint density at radius 1 is 1.64 bits per heavy atom. The van der Waals surface area contributed by atoms with Crippen LogP contribution < -0.4 is 5.32 Å². The Morgan fingerprint density at radius 3 is 3.07 bits per heavy atom. The van der Waals surface area contributed by atoms with Crippen molar-refractivity contribution in [2.45, 2.75) is 51.7 Å². The van der Waals surface area contributed by atoms with E-state index >= 15 is 0 Å². The van der Waals surface area contributed by atoms with Crippen molar-refractivity contribution in [3.8, 4) is 0 Å². The van der Waals surface area contributed by atoms with E-state index in [1.807, 2.05) is 12.5 Å². The van der Waals surface area contributed by atoms with Gasteiger partial charge in [-0.25, -0.2) is 4.98 Å². The highest BCUT2D eigenvalue weighted by molar-refractivity contribution is 5.03. The highest BCUT2D eigenvalue weighted by Gasteiger charge is 2.24. The second kappa shape index (κ2) is 4.13. The molecule has 0 aliphatic heterocycles. The molecule has 1 heterocycles. The molecule has 0 amide bonds. The highest BCUT2D eigenvalue weighted by atomic mass is 15.1. The van der Waals surface area contributed by atoms with E-state index in [4.69, 9.17) is 0 Å². The zero-order valence-electron chi connectivity index (χ0n) is 9.03. The third kappa shape index (κ3) is 2.15. The van der Waals surface area contributed by atoms with E-state index < -0.39 is 0 Å². The first-order valence-electron chi connectivity index (χ1n) is 5.55. The Labute approximate surface area is 85.5 Å². The zero-order valence-corrected chi connectivity index (χ0v) is 9.03. The van der Waals surface area contributed by atoms with Gasteiger partial charge in [0, 0.05) is 24.8 Å². The molecule has 0 aromatic carbocycles. The lowest BCUT2D eigenvalue weighted by molar-refractivity contribution is 0.516. The highest BCUT2D eigenvalue weighted by Crippen LogP contribution is 2.35. The molecule has 0 saturated heterocycles. The van der Waals surface area contributed by atoms with E-state index in [1.54, 1.807) is 0 Å². The lowest BCUT2D eigenvalue weighted by Crippen LogP contribution is -2.25. The summed E-state index contributed by atoms with van der Waals surface area (Å²) >= 11 is 0. The molecule has 1 fully saturated rings. The number of rotatable bonds is 5. The standard InChI is InChI=1S/C11H19N3/c1-3-9(2)13-7-11-6-12-8-14(11)10-4-5-10/h6,8-10,13H,3-5,7H2,1-2H3. The van der Waals surface area contributed by atoms with Crippen LogP contribution in [0.15, 0.2) is 12.5 Å². The van der Waals surface area contributed by atoms with Crippen LogP contribution in [-0.4, -0.2) is 15.6 Å². The molecule has 1 N–H and O–H groups in total. The summed E-state index contributed by atoms with van der Waals surface area (Å²) in [4.78, 5) is 4.21. The molecule has 1 saturated carbocycles. The Hall–Kier alpha value is -0.830. The number of aromatic nitrogens is 2. The van der Waals surface area contributed by atoms with Crippen molar-refractivity contribution in [2.75, 3.05) is 0 Å². The van der Waals surface area contributed by atoms with Crippen molar-refractivity contribution < 1.29 is 0 Å². The van der Waals surface area contributed by atoms with Gasteiger partial charge in [-0.05, 0) is 26.2 Å². The second-order valence-electron chi connectivity index (χ2n) is 4.21. The van der Waals surface area contributed by atoms with E-state index in [2.05, 4.69) is 28.7 Å². The largest absolute Gasteiger partial charge is 0.330 e. The van der Waals surface area contributed by atoms with Gasteiger partial charge >= 0.3 is 0 Å². The molecule has 3 nitrogen and oxygen atoms in total. The Bertz CT molecular complexity index is 288. The normalized spacial score (nSPS) is 18.4. The maximum absolute atomic E-state index is 4.21.